The Bertz CT molecular complexity index is 745. The molecule has 0 aliphatic heterocycles. The van der Waals surface area contributed by atoms with Gasteiger partial charge in [-0.3, -0.25) is 0 Å². The van der Waals surface area contributed by atoms with Gasteiger partial charge in [0.2, 0.25) is 0 Å². The third-order valence-electron chi connectivity index (χ3n) is 9.05. The Morgan fingerprint density at radius 2 is 1.91 bits per heavy atom. The van der Waals surface area contributed by atoms with Crippen LogP contribution >= 0.6 is 0 Å². The predicted molar refractivity (Wildman–Crippen MR) is 135 cm³/mol. The molecule has 3 rings (SSSR count). The molecule has 0 aromatic carbocycles. The molecule has 0 spiro atoms. The first-order valence-corrected chi connectivity index (χ1v) is 13.2. The summed E-state index contributed by atoms with van der Waals surface area (Å²) in [6, 6.07) is 0. The Labute approximate surface area is 201 Å². The molecule has 4 N–H and O–H groups in total. The van der Waals surface area contributed by atoms with Gasteiger partial charge in [-0.1, -0.05) is 51.0 Å². The normalized spacial score (nSPS) is 38.7. The van der Waals surface area contributed by atoms with Crippen LogP contribution in [0, 0.1) is 29.1 Å². The first-order valence-electron chi connectivity index (χ1n) is 13.2. The Hall–Kier alpha value is -0.940. The van der Waals surface area contributed by atoms with Gasteiger partial charge in [-0.15, -0.1) is 0 Å². The van der Waals surface area contributed by atoms with E-state index in [4.69, 9.17) is 0 Å². The Morgan fingerprint density at radius 3 is 2.58 bits per heavy atom. The molecule has 33 heavy (non-hydrogen) atoms. The summed E-state index contributed by atoms with van der Waals surface area (Å²) in [7, 11) is 0. The van der Waals surface area contributed by atoms with Crippen LogP contribution in [0.5, 0.6) is 0 Å². The number of fused-ring (bicyclic) bond motifs is 1. The van der Waals surface area contributed by atoms with Crippen molar-refractivity contribution in [2.75, 3.05) is 6.61 Å². The van der Waals surface area contributed by atoms with Crippen LogP contribution in [0.15, 0.2) is 35.5 Å². The predicted octanol–water partition coefficient (Wildman–Crippen LogP) is 5.31. The van der Waals surface area contributed by atoms with Gasteiger partial charge < -0.3 is 20.4 Å². The van der Waals surface area contributed by atoms with E-state index in [0.29, 0.717) is 36.5 Å². The molecule has 0 heterocycles. The number of hydrogen-bond acceptors (Lipinski definition) is 4. The van der Waals surface area contributed by atoms with Crippen LogP contribution in [-0.2, 0) is 0 Å². The minimum Gasteiger partial charge on any atom is -0.396 e. The molecule has 0 aromatic heterocycles. The van der Waals surface area contributed by atoms with Crippen molar-refractivity contribution in [1.82, 2.24) is 0 Å². The van der Waals surface area contributed by atoms with Gasteiger partial charge in [0.15, 0.2) is 0 Å². The van der Waals surface area contributed by atoms with Crippen LogP contribution < -0.4 is 0 Å². The van der Waals surface area contributed by atoms with Gasteiger partial charge in [-0.05, 0) is 99.0 Å². The minimum atomic E-state index is -0.655. The van der Waals surface area contributed by atoms with Crippen molar-refractivity contribution in [2.24, 2.45) is 29.1 Å². The Balaban J connectivity index is 1.80. The van der Waals surface area contributed by atoms with Gasteiger partial charge in [-0.2, -0.15) is 0 Å². The van der Waals surface area contributed by atoms with Gasteiger partial charge in [0.1, 0.15) is 0 Å². The van der Waals surface area contributed by atoms with Crippen molar-refractivity contribution < 1.29 is 20.4 Å². The Morgan fingerprint density at radius 1 is 1.18 bits per heavy atom. The van der Waals surface area contributed by atoms with Gasteiger partial charge in [0.25, 0.3) is 0 Å². The molecule has 0 bridgehead atoms. The van der Waals surface area contributed by atoms with Crippen molar-refractivity contribution in [3.8, 4) is 0 Å². The second-order valence-electron chi connectivity index (χ2n) is 12.3. The van der Waals surface area contributed by atoms with Gasteiger partial charge in [-0.25, -0.2) is 0 Å². The van der Waals surface area contributed by atoms with E-state index in [1.807, 2.05) is 13.8 Å². The summed E-state index contributed by atoms with van der Waals surface area (Å²) in [5.74, 6) is 2.34. The van der Waals surface area contributed by atoms with Crippen molar-refractivity contribution in [3.63, 3.8) is 0 Å². The summed E-state index contributed by atoms with van der Waals surface area (Å²) in [6.45, 7) is 13.0. The van der Waals surface area contributed by atoms with E-state index < -0.39 is 17.8 Å². The van der Waals surface area contributed by atoms with Crippen LogP contribution in [0.4, 0.5) is 0 Å². The van der Waals surface area contributed by atoms with Crippen LogP contribution in [-0.4, -0.2) is 44.8 Å². The smallest absolute Gasteiger partial charge is 0.0811 e. The molecule has 0 saturated heterocycles. The van der Waals surface area contributed by atoms with Gasteiger partial charge in [0.05, 0.1) is 17.8 Å². The summed E-state index contributed by atoms with van der Waals surface area (Å²) in [5, 5.41) is 40.1. The van der Waals surface area contributed by atoms with Crippen LogP contribution in [0.2, 0.25) is 0 Å². The van der Waals surface area contributed by atoms with E-state index in [1.54, 1.807) is 0 Å². The molecule has 3 aliphatic carbocycles. The summed E-state index contributed by atoms with van der Waals surface area (Å²) in [4.78, 5) is 0. The third kappa shape index (κ3) is 6.39. The van der Waals surface area contributed by atoms with E-state index >= 15 is 0 Å². The zero-order valence-corrected chi connectivity index (χ0v) is 21.4. The maximum atomic E-state index is 10.2. The zero-order valence-electron chi connectivity index (χ0n) is 21.4. The standard InChI is InChI=1S/C29H48O4/c1-19(7-6-13-28(3,4)33)25-10-11-26-23(15-21(12-14-30)18-29(25,26)5)9-8-22-16-24(31)17-27(32)20(22)2/h8-9,19,21,24-27,30-33H,2,6-7,10-18H2,1,3-5H3/b22-8-,23-9+/t19-,21-,24-,25-,26+,27+,29-/m1/s1. The molecule has 0 radical (unpaired) electrons. The van der Waals surface area contributed by atoms with Crippen LogP contribution in [0.1, 0.15) is 91.9 Å². The average Bonchev–Trinajstić information content (AvgIpc) is 3.05. The highest BCUT2D eigenvalue weighted by molar-refractivity contribution is 5.38. The molecular weight excluding hydrogens is 412 g/mol. The Kier molecular flexibility index (Phi) is 8.70. The lowest BCUT2D eigenvalue weighted by atomic mass is 9.57. The minimum absolute atomic E-state index is 0.235. The molecule has 3 saturated carbocycles. The van der Waals surface area contributed by atoms with Gasteiger partial charge in [0, 0.05) is 13.0 Å². The van der Waals surface area contributed by atoms with Crippen LogP contribution in [0.25, 0.3) is 0 Å². The largest absolute Gasteiger partial charge is 0.396 e. The van der Waals surface area contributed by atoms with Crippen molar-refractivity contribution >= 4 is 0 Å². The number of allylic oxidation sites excluding steroid dienone is 3. The topological polar surface area (TPSA) is 80.9 Å². The molecule has 3 fully saturated rings. The second-order valence-corrected chi connectivity index (χ2v) is 12.3. The van der Waals surface area contributed by atoms with Gasteiger partial charge >= 0.3 is 0 Å². The molecule has 0 unspecified atom stereocenters. The molecule has 0 amide bonds. The van der Waals surface area contributed by atoms with Crippen molar-refractivity contribution in [1.29, 1.82) is 0 Å². The lowest BCUT2D eigenvalue weighted by Gasteiger charge is -2.47. The van der Waals surface area contributed by atoms with E-state index in [2.05, 4.69) is 32.6 Å². The lowest BCUT2D eigenvalue weighted by Crippen LogP contribution is -2.39. The van der Waals surface area contributed by atoms with Crippen molar-refractivity contribution in [2.45, 2.75) is 110 Å². The molecule has 4 nitrogen and oxygen atoms in total. The van der Waals surface area contributed by atoms with E-state index in [-0.39, 0.29) is 12.0 Å². The number of hydrogen-bond donors (Lipinski definition) is 4. The first kappa shape index (κ1) is 26.7. The summed E-state index contributed by atoms with van der Waals surface area (Å²) < 4.78 is 0. The number of rotatable bonds is 8. The fraction of sp³-hybridized carbons (Fsp3) is 0.793. The lowest BCUT2D eigenvalue weighted by molar-refractivity contribution is 0.0486. The molecule has 7 atom stereocenters. The maximum Gasteiger partial charge on any atom is 0.0811 e. The molecule has 3 aliphatic rings. The highest BCUT2D eigenvalue weighted by atomic mass is 16.3. The highest BCUT2D eigenvalue weighted by Gasteiger charge is 2.52. The fourth-order valence-electron chi connectivity index (χ4n) is 7.36. The summed E-state index contributed by atoms with van der Waals surface area (Å²) in [6.07, 6.45) is 12.7. The first-order chi connectivity index (χ1) is 15.4. The molecule has 0 aromatic rings. The average molecular weight is 461 g/mol. The second kappa shape index (κ2) is 10.8. The van der Waals surface area contributed by atoms with E-state index in [0.717, 1.165) is 43.3 Å². The molecule has 188 valence electrons. The van der Waals surface area contributed by atoms with Crippen molar-refractivity contribution in [3.05, 3.63) is 35.5 Å². The zero-order chi connectivity index (χ0) is 24.4. The van der Waals surface area contributed by atoms with E-state index in [1.165, 1.54) is 24.8 Å². The molecular formula is C29H48O4. The SMILES string of the molecule is C=C1/C(=C\C=C2/C[C@@H](CCO)C[C@]3(C)[C@@H]([C@H](C)CCCC(C)(C)O)CC[C@@H]23)C[C@@H](O)C[C@@H]1O. The fourth-order valence-corrected chi connectivity index (χ4v) is 7.36. The van der Waals surface area contributed by atoms with E-state index in [9.17, 15) is 20.4 Å². The summed E-state index contributed by atoms with van der Waals surface area (Å²) in [5.41, 5.74) is 2.83. The summed E-state index contributed by atoms with van der Waals surface area (Å²) >= 11 is 0. The third-order valence-corrected chi connectivity index (χ3v) is 9.05. The quantitative estimate of drug-likeness (QED) is 0.395. The number of aliphatic hydroxyl groups is 4. The maximum absolute atomic E-state index is 10.2. The van der Waals surface area contributed by atoms with Crippen LogP contribution in [0.3, 0.4) is 0 Å². The molecule has 4 heteroatoms. The number of aliphatic hydroxyl groups excluding tert-OH is 3. The monoisotopic (exact) mass is 460 g/mol. The highest BCUT2D eigenvalue weighted by Crippen LogP contribution is 2.61.